The van der Waals surface area contributed by atoms with Crippen LogP contribution in [0.5, 0.6) is 0 Å². The molecule has 0 radical (unpaired) electrons. The number of aromatic nitrogens is 1. The van der Waals surface area contributed by atoms with Crippen molar-refractivity contribution in [2.75, 3.05) is 19.6 Å². The number of amides is 2. The number of nitrogens with one attached hydrogen (secondary N) is 1. The number of benzene rings is 2. The van der Waals surface area contributed by atoms with Gasteiger partial charge in [-0.2, -0.15) is 0 Å². The van der Waals surface area contributed by atoms with E-state index in [2.05, 4.69) is 34.6 Å². The molecule has 1 aliphatic heterocycles. The molecule has 0 spiro atoms. The third kappa shape index (κ3) is 5.57. The first-order chi connectivity index (χ1) is 15.2. The van der Waals surface area contributed by atoms with Crippen molar-refractivity contribution < 1.29 is 9.59 Å². The lowest BCUT2D eigenvalue weighted by molar-refractivity contribution is -0.120. The van der Waals surface area contributed by atoms with Gasteiger partial charge in [0.05, 0.1) is 12.0 Å². The minimum absolute atomic E-state index is 0.0366. The highest BCUT2D eigenvalue weighted by molar-refractivity contribution is 5.93. The van der Waals surface area contributed by atoms with Crippen molar-refractivity contribution in [3.63, 3.8) is 0 Å². The summed E-state index contributed by atoms with van der Waals surface area (Å²) in [7, 11) is 0. The summed E-state index contributed by atoms with van der Waals surface area (Å²) in [6.07, 6.45) is 5.47. The molecule has 1 aliphatic rings. The number of carbonyl (C=O) groups excluding carboxylic acids is 2. The molecule has 0 atom stereocenters. The summed E-state index contributed by atoms with van der Waals surface area (Å²) in [5.41, 5.74) is 3.96. The van der Waals surface area contributed by atoms with E-state index in [0.29, 0.717) is 24.4 Å². The van der Waals surface area contributed by atoms with Crippen molar-refractivity contribution >= 4 is 11.8 Å². The number of hydrogen-bond donors (Lipinski definition) is 1. The Bertz CT molecular complexity index is 996. The molecule has 5 nitrogen and oxygen atoms in total. The molecule has 4 rings (SSSR count). The highest BCUT2D eigenvalue weighted by Crippen LogP contribution is 2.20. The molecular weight excluding hydrogens is 386 g/mol. The smallest absolute Gasteiger partial charge is 0.255 e. The second-order valence-corrected chi connectivity index (χ2v) is 8.02. The molecule has 1 fully saturated rings. The lowest BCUT2D eigenvalue weighted by Gasteiger charge is -2.32. The van der Waals surface area contributed by atoms with Crippen molar-refractivity contribution in [2.45, 2.75) is 19.3 Å². The molecule has 5 heteroatoms. The molecule has 2 amide bonds. The summed E-state index contributed by atoms with van der Waals surface area (Å²) in [4.78, 5) is 30.8. The van der Waals surface area contributed by atoms with Crippen LogP contribution in [-0.4, -0.2) is 41.3 Å². The fourth-order valence-corrected chi connectivity index (χ4v) is 3.96. The number of likely N-dealkylation sites (tertiary alicyclic amines) is 1. The Labute approximate surface area is 183 Å². The van der Waals surface area contributed by atoms with Crippen LogP contribution in [0.25, 0.3) is 11.1 Å². The summed E-state index contributed by atoms with van der Waals surface area (Å²) in [5.74, 6) is 0.484. The molecular formula is C26H27N3O2. The first-order valence-corrected chi connectivity index (χ1v) is 10.8. The fourth-order valence-electron chi connectivity index (χ4n) is 3.96. The molecule has 0 unspecified atom stereocenters. The van der Waals surface area contributed by atoms with Gasteiger partial charge < -0.3 is 10.2 Å². The van der Waals surface area contributed by atoms with Gasteiger partial charge in [0.2, 0.25) is 5.91 Å². The summed E-state index contributed by atoms with van der Waals surface area (Å²) < 4.78 is 0. The molecule has 1 saturated heterocycles. The van der Waals surface area contributed by atoms with Gasteiger partial charge in [0.1, 0.15) is 0 Å². The highest BCUT2D eigenvalue weighted by Gasteiger charge is 2.24. The lowest BCUT2D eigenvalue weighted by Crippen LogP contribution is -2.41. The van der Waals surface area contributed by atoms with E-state index >= 15 is 0 Å². The van der Waals surface area contributed by atoms with Crippen molar-refractivity contribution in [1.82, 2.24) is 15.2 Å². The van der Waals surface area contributed by atoms with Gasteiger partial charge in [0.25, 0.3) is 5.91 Å². The topological polar surface area (TPSA) is 62.3 Å². The summed E-state index contributed by atoms with van der Waals surface area (Å²) >= 11 is 0. The van der Waals surface area contributed by atoms with Crippen LogP contribution in [0.2, 0.25) is 0 Å². The zero-order valence-corrected chi connectivity index (χ0v) is 17.5. The third-order valence-electron chi connectivity index (χ3n) is 5.82. The fraction of sp³-hybridized carbons (Fsp3) is 0.269. The first kappa shape index (κ1) is 20.8. The molecule has 0 bridgehead atoms. The van der Waals surface area contributed by atoms with E-state index in [1.54, 1.807) is 24.5 Å². The minimum atomic E-state index is 0.0366. The Morgan fingerprint density at radius 3 is 2.29 bits per heavy atom. The molecule has 2 aromatic carbocycles. The Morgan fingerprint density at radius 1 is 0.903 bits per heavy atom. The maximum Gasteiger partial charge on any atom is 0.255 e. The van der Waals surface area contributed by atoms with E-state index in [-0.39, 0.29) is 11.8 Å². The molecule has 0 aliphatic carbocycles. The van der Waals surface area contributed by atoms with Crippen LogP contribution in [0.15, 0.2) is 79.1 Å². The molecule has 3 aromatic rings. The number of hydrogen-bond acceptors (Lipinski definition) is 3. The van der Waals surface area contributed by atoms with Crippen LogP contribution in [-0.2, 0) is 11.2 Å². The molecule has 31 heavy (non-hydrogen) atoms. The van der Waals surface area contributed by atoms with E-state index in [1.807, 2.05) is 35.2 Å². The maximum absolute atomic E-state index is 12.5. The number of rotatable bonds is 6. The van der Waals surface area contributed by atoms with Crippen molar-refractivity contribution in [3.8, 4) is 11.1 Å². The van der Waals surface area contributed by atoms with Crippen LogP contribution < -0.4 is 5.32 Å². The van der Waals surface area contributed by atoms with Gasteiger partial charge in [0, 0.05) is 32.0 Å². The average molecular weight is 414 g/mol. The quantitative estimate of drug-likeness (QED) is 0.665. The van der Waals surface area contributed by atoms with Gasteiger partial charge in [-0.1, -0.05) is 54.6 Å². The Hall–Kier alpha value is -3.47. The van der Waals surface area contributed by atoms with Gasteiger partial charge in [-0.15, -0.1) is 0 Å². The SMILES string of the molecule is O=C(Cc1ccc(-c2ccccc2)cc1)NCC1CCN(C(=O)c2cccnc2)CC1. The second kappa shape index (κ2) is 10.0. The number of carbonyl (C=O) groups is 2. The maximum atomic E-state index is 12.5. The van der Waals surface area contributed by atoms with Crippen LogP contribution in [0.4, 0.5) is 0 Å². The molecule has 1 aromatic heterocycles. The molecule has 2 heterocycles. The number of pyridine rings is 1. The van der Waals surface area contributed by atoms with E-state index in [1.165, 1.54) is 5.56 Å². The predicted octanol–water partition coefficient (Wildman–Crippen LogP) is 3.96. The number of nitrogens with zero attached hydrogens (tertiary/aromatic N) is 2. The Morgan fingerprint density at radius 2 is 1.61 bits per heavy atom. The van der Waals surface area contributed by atoms with Gasteiger partial charge in [-0.3, -0.25) is 14.6 Å². The zero-order chi connectivity index (χ0) is 21.5. The van der Waals surface area contributed by atoms with Crippen molar-refractivity contribution in [3.05, 3.63) is 90.3 Å². The number of piperidine rings is 1. The molecule has 0 saturated carbocycles. The second-order valence-electron chi connectivity index (χ2n) is 8.02. The van der Waals surface area contributed by atoms with Crippen LogP contribution in [0.3, 0.4) is 0 Å². The third-order valence-corrected chi connectivity index (χ3v) is 5.82. The zero-order valence-electron chi connectivity index (χ0n) is 17.5. The first-order valence-electron chi connectivity index (χ1n) is 10.8. The van der Waals surface area contributed by atoms with E-state index in [4.69, 9.17) is 0 Å². The van der Waals surface area contributed by atoms with Gasteiger partial charge >= 0.3 is 0 Å². The summed E-state index contributed by atoms with van der Waals surface area (Å²) in [5, 5.41) is 3.07. The van der Waals surface area contributed by atoms with E-state index in [0.717, 1.165) is 37.1 Å². The van der Waals surface area contributed by atoms with Crippen molar-refractivity contribution in [2.24, 2.45) is 5.92 Å². The van der Waals surface area contributed by atoms with Gasteiger partial charge in [-0.25, -0.2) is 0 Å². The minimum Gasteiger partial charge on any atom is -0.356 e. The Kier molecular flexibility index (Phi) is 6.72. The molecule has 1 N–H and O–H groups in total. The van der Waals surface area contributed by atoms with Crippen LogP contribution in [0, 0.1) is 5.92 Å². The van der Waals surface area contributed by atoms with Crippen LogP contribution in [0.1, 0.15) is 28.8 Å². The average Bonchev–Trinajstić information content (AvgIpc) is 2.84. The van der Waals surface area contributed by atoms with Crippen molar-refractivity contribution in [1.29, 1.82) is 0 Å². The standard InChI is InChI=1S/C26H27N3O2/c30-25(17-20-8-10-23(11-9-20)22-5-2-1-3-6-22)28-18-21-12-15-29(16-13-21)26(31)24-7-4-14-27-19-24/h1-11,14,19,21H,12-13,15-18H2,(H,28,30). The largest absolute Gasteiger partial charge is 0.356 e. The lowest BCUT2D eigenvalue weighted by atomic mass is 9.96. The summed E-state index contributed by atoms with van der Waals surface area (Å²) in [6.45, 7) is 2.10. The van der Waals surface area contributed by atoms with Crippen LogP contribution >= 0.6 is 0 Å². The van der Waals surface area contributed by atoms with Gasteiger partial charge in [0.15, 0.2) is 0 Å². The predicted molar refractivity (Wildman–Crippen MR) is 121 cm³/mol. The monoisotopic (exact) mass is 413 g/mol. The van der Waals surface area contributed by atoms with E-state index in [9.17, 15) is 9.59 Å². The molecule has 158 valence electrons. The highest BCUT2D eigenvalue weighted by atomic mass is 16.2. The normalized spacial score (nSPS) is 14.3. The van der Waals surface area contributed by atoms with Gasteiger partial charge in [-0.05, 0) is 47.6 Å². The Balaban J connectivity index is 1.21. The summed E-state index contributed by atoms with van der Waals surface area (Å²) in [6, 6.07) is 22.0. The van der Waals surface area contributed by atoms with E-state index < -0.39 is 0 Å².